The summed E-state index contributed by atoms with van der Waals surface area (Å²) < 4.78 is 6.63. The van der Waals surface area contributed by atoms with Crippen LogP contribution < -0.4 is 4.74 Å². The average molecular weight is 467 g/mol. The Morgan fingerprint density at radius 2 is 1.90 bits per heavy atom. The van der Waals surface area contributed by atoms with Crippen LogP contribution in [0.1, 0.15) is 43.2 Å². The van der Waals surface area contributed by atoms with Gasteiger partial charge >= 0.3 is 0 Å². The molecule has 0 amide bonds. The fraction of sp³-hybridized carbons (Fsp3) is 0.750. The minimum atomic E-state index is -0.832. The zero-order valence-corrected chi connectivity index (χ0v) is 19.4. The lowest BCUT2D eigenvalue weighted by Crippen LogP contribution is -2.78. The zero-order chi connectivity index (χ0) is 21.4. The number of nitrogens with zero attached hydrogens (tertiary/aromatic N) is 2. The number of benzene rings is 1. The minimum Gasteiger partial charge on any atom is -0.504 e. The van der Waals surface area contributed by atoms with E-state index in [1.165, 1.54) is 18.4 Å². The van der Waals surface area contributed by atoms with Crippen molar-refractivity contribution in [3.63, 3.8) is 0 Å². The Bertz CT molecular complexity index is 875. The number of hydrogen-bond acceptors (Lipinski definition) is 5. The number of halogens is 2. The van der Waals surface area contributed by atoms with Crippen LogP contribution in [-0.2, 0) is 11.8 Å². The van der Waals surface area contributed by atoms with E-state index in [-0.39, 0.29) is 23.9 Å². The summed E-state index contributed by atoms with van der Waals surface area (Å²) in [5, 5.41) is 23.2. The fourth-order valence-electron chi connectivity index (χ4n) is 7.49. The Morgan fingerprint density at radius 3 is 2.61 bits per heavy atom. The molecular formula is C24H32Cl2N2O3. The van der Waals surface area contributed by atoms with Gasteiger partial charge in [0.15, 0.2) is 11.5 Å². The second-order valence-corrected chi connectivity index (χ2v) is 11.1. The van der Waals surface area contributed by atoms with Gasteiger partial charge in [-0.15, -0.1) is 23.2 Å². The van der Waals surface area contributed by atoms with Crippen LogP contribution in [0.2, 0.25) is 0 Å². The van der Waals surface area contributed by atoms with Crippen LogP contribution in [0.15, 0.2) is 12.1 Å². The summed E-state index contributed by atoms with van der Waals surface area (Å²) in [5.74, 6) is 2.68. The molecule has 2 N–H and O–H groups in total. The molecule has 2 aliphatic heterocycles. The first kappa shape index (κ1) is 20.9. The van der Waals surface area contributed by atoms with Crippen LogP contribution in [0.3, 0.4) is 0 Å². The second kappa shape index (κ2) is 7.39. The van der Waals surface area contributed by atoms with Crippen LogP contribution in [0.5, 0.6) is 11.5 Å². The summed E-state index contributed by atoms with van der Waals surface area (Å²) >= 11 is 12.3. The normalized spacial score (nSPS) is 38.3. The molecule has 5 atom stereocenters. The van der Waals surface area contributed by atoms with Crippen molar-refractivity contribution in [3.8, 4) is 11.5 Å². The summed E-state index contributed by atoms with van der Waals surface area (Å²) in [6.45, 7) is 3.58. The molecule has 1 aromatic carbocycles. The first-order valence-corrected chi connectivity index (χ1v) is 12.9. The number of phenols is 1. The van der Waals surface area contributed by atoms with E-state index >= 15 is 0 Å². The lowest BCUT2D eigenvalue weighted by Gasteiger charge is -2.65. The van der Waals surface area contributed by atoms with Crippen LogP contribution in [0.25, 0.3) is 0 Å². The average Bonchev–Trinajstić information content (AvgIpc) is 3.49. The highest BCUT2D eigenvalue weighted by Crippen LogP contribution is 2.66. The molecule has 2 saturated carbocycles. The summed E-state index contributed by atoms with van der Waals surface area (Å²) in [6, 6.07) is 4.09. The molecular weight excluding hydrogens is 435 g/mol. The van der Waals surface area contributed by atoms with Crippen LogP contribution >= 0.6 is 23.2 Å². The molecule has 3 fully saturated rings. The van der Waals surface area contributed by atoms with E-state index in [9.17, 15) is 10.2 Å². The maximum atomic E-state index is 12.5. The van der Waals surface area contributed by atoms with Crippen molar-refractivity contribution in [2.45, 2.75) is 67.7 Å². The molecule has 31 heavy (non-hydrogen) atoms. The largest absolute Gasteiger partial charge is 0.504 e. The Morgan fingerprint density at radius 1 is 1.13 bits per heavy atom. The van der Waals surface area contributed by atoms with Gasteiger partial charge in [0.1, 0.15) is 6.10 Å². The Balaban J connectivity index is 1.47. The van der Waals surface area contributed by atoms with E-state index in [2.05, 4.69) is 15.9 Å². The number of aromatic hydroxyl groups is 1. The van der Waals surface area contributed by atoms with Gasteiger partial charge in [0.2, 0.25) is 0 Å². The molecule has 5 aliphatic rings. The Kier molecular flexibility index (Phi) is 4.97. The molecule has 2 heterocycles. The maximum absolute atomic E-state index is 12.5. The van der Waals surface area contributed by atoms with Gasteiger partial charge < -0.3 is 14.9 Å². The molecule has 1 saturated heterocycles. The summed E-state index contributed by atoms with van der Waals surface area (Å²) in [7, 11) is 0. The van der Waals surface area contributed by atoms with Crippen molar-refractivity contribution in [3.05, 3.63) is 23.3 Å². The first-order chi connectivity index (χ1) is 15.0. The standard InChI is InChI=1S/C24H32Cl2N2O3/c25-8-11-27(12-9-26)17-5-6-24(30)19-13-16-3-4-18(29)21-20(16)23(24,22(17)31-21)7-10-28(19)14-15-1-2-15/h3-4,15,17,19,22,29-30H,1-2,5-14H2/t17-,19-,22?,23+,24-/m1/s1. The van der Waals surface area contributed by atoms with Gasteiger partial charge in [-0.05, 0) is 62.6 Å². The smallest absolute Gasteiger partial charge is 0.165 e. The monoisotopic (exact) mass is 466 g/mol. The van der Waals surface area contributed by atoms with Crippen LogP contribution in [0.4, 0.5) is 0 Å². The zero-order valence-electron chi connectivity index (χ0n) is 17.9. The van der Waals surface area contributed by atoms with Gasteiger partial charge in [-0.2, -0.15) is 0 Å². The summed E-state index contributed by atoms with van der Waals surface area (Å²) in [4.78, 5) is 4.92. The number of likely N-dealkylation sites (tertiary alicyclic amines) is 1. The van der Waals surface area contributed by atoms with Crippen molar-refractivity contribution in [2.24, 2.45) is 5.92 Å². The van der Waals surface area contributed by atoms with E-state index in [1.54, 1.807) is 6.07 Å². The highest BCUT2D eigenvalue weighted by atomic mass is 35.5. The molecule has 1 spiro atoms. The second-order valence-electron chi connectivity index (χ2n) is 10.3. The van der Waals surface area contributed by atoms with E-state index in [0.717, 1.165) is 63.3 Å². The Labute approximate surface area is 194 Å². The van der Waals surface area contributed by atoms with Gasteiger partial charge in [-0.3, -0.25) is 9.80 Å². The molecule has 3 aliphatic carbocycles. The molecule has 1 aromatic rings. The van der Waals surface area contributed by atoms with E-state index in [1.807, 2.05) is 0 Å². The lowest BCUT2D eigenvalue weighted by molar-refractivity contribution is -0.200. The molecule has 1 unspecified atom stereocenters. The number of phenolic OH excluding ortho intramolecular Hbond substituents is 1. The number of piperidine rings is 1. The van der Waals surface area contributed by atoms with Gasteiger partial charge in [0.05, 0.1) is 11.0 Å². The van der Waals surface area contributed by atoms with E-state index < -0.39 is 11.0 Å². The summed E-state index contributed by atoms with van der Waals surface area (Å²) in [6.07, 6.45) is 5.76. The maximum Gasteiger partial charge on any atom is 0.165 e. The fourth-order valence-corrected chi connectivity index (χ4v) is 7.92. The molecule has 2 bridgehead atoms. The topological polar surface area (TPSA) is 56.2 Å². The van der Waals surface area contributed by atoms with Crippen molar-refractivity contribution in [2.75, 3.05) is 37.9 Å². The SMILES string of the molecule is Oc1ccc2c3c1OC1[C@H](N(CCCl)CCCl)CC[C@@]4(O)[C@@H](C2)N(CC2CC2)CC[C@]314. The third-order valence-electron chi connectivity index (χ3n) is 8.94. The highest BCUT2D eigenvalue weighted by molar-refractivity contribution is 6.18. The van der Waals surface area contributed by atoms with Gasteiger partial charge in [-0.25, -0.2) is 0 Å². The minimum absolute atomic E-state index is 0.117. The van der Waals surface area contributed by atoms with Crippen molar-refractivity contribution in [1.29, 1.82) is 0 Å². The molecule has 0 radical (unpaired) electrons. The van der Waals surface area contributed by atoms with Crippen molar-refractivity contribution < 1.29 is 14.9 Å². The third-order valence-corrected chi connectivity index (χ3v) is 9.28. The predicted molar refractivity (Wildman–Crippen MR) is 122 cm³/mol. The number of hydrogen-bond donors (Lipinski definition) is 2. The molecule has 170 valence electrons. The Hall–Kier alpha value is -0.720. The van der Waals surface area contributed by atoms with Crippen LogP contribution in [-0.4, -0.2) is 81.7 Å². The van der Waals surface area contributed by atoms with Crippen molar-refractivity contribution in [1.82, 2.24) is 9.80 Å². The van der Waals surface area contributed by atoms with Crippen LogP contribution in [0, 0.1) is 5.92 Å². The van der Waals surface area contributed by atoms with Gasteiger partial charge in [-0.1, -0.05) is 6.07 Å². The number of alkyl halides is 2. The first-order valence-electron chi connectivity index (χ1n) is 11.9. The predicted octanol–water partition coefficient (Wildman–Crippen LogP) is 3.10. The number of ether oxygens (including phenoxy) is 1. The highest BCUT2D eigenvalue weighted by Gasteiger charge is 2.73. The molecule has 6 rings (SSSR count). The van der Waals surface area contributed by atoms with Crippen molar-refractivity contribution >= 4 is 23.2 Å². The molecule has 7 heteroatoms. The van der Waals surface area contributed by atoms with Gasteiger partial charge in [0.25, 0.3) is 0 Å². The molecule has 0 aromatic heterocycles. The third kappa shape index (κ3) is 2.80. The summed E-state index contributed by atoms with van der Waals surface area (Å²) in [5.41, 5.74) is 1.02. The van der Waals surface area contributed by atoms with E-state index in [4.69, 9.17) is 27.9 Å². The number of aliphatic hydroxyl groups is 1. The number of rotatable bonds is 7. The lowest BCUT2D eigenvalue weighted by atomic mass is 9.48. The van der Waals surface area contributed by atoms with Gasteiger partial charge in [0, 0.05) is 49.0 Å². The molecule has 5 nitrogen and oxygen atoms in total. The quantitative estimate of drug-likeness (QED) is 0.604. The van der Waals surface area contributed by atoms with E-state index in [0.29, 0.717) is 17.5 Å².